The summed E-state index contributed by atoms with van der Waals surface area (Å²) < 4.78 is 28.9. The molecule has 1 aromatic rings. The molecule has 2 rings (SSSR count). The molecule has 0 aliphatic heterocycles. The van der Waals surface area contributed by atoms with Gasteiger partial charge in [-0.15, -0.1) is 0 Å². The van der Waals surface area contributed by atoms with E-state index in [2.05, 4.69) is 23.9 Å². The van der Waals surface area contributed by atoms with Crippen LogP contribution in [0.4, 0.5) is 8.78 Å². The first-order valence-electron chi connectivity index (χ1n) is 7.37. The molecular weight excluding hydrogens is 260 g/mol. The highest BCUT2D eigenvalue weighted by Gasteiger charge is 2.23. The molecule has 4 heteroatoms. The number of benzene rings is 1. The molecule has 1 fully saturated rings. The van der Waals surface area contributed by atoms with E-state index >= 15 is 0 Å². The highest BCUT2D eigenvalue weighted by molar-refractivity contribution is 5.30. The molecule has 1 saturated carbocycles. The topological polar surface area (TPSA) is 21.3 Å². The largest absolute Gasteiger partial charge is 0.435 e. The lowest BCUT2D eigenvalue weighted by Crippen LogP contribution is -2.38. The molecule has 20 heavy (non-hydrogen) atoms. The second-order valence-electron chi connectivity index (χ2n) is 5.71. The molecule has 112 valence electrons. The Bertz CT molecular complexity index is 425. The second-order valence-corrected chi connectivity index (χ2v) is 5.71. The maximum atomic E-state index is 12.2. The van der Waals surface area contributed by atoms with E-state index in [0.29, 0.717) is 12.0 Å². The normalized spacial score (nSPS) is 24.6. The molecule has 0 aromatic heterocycles. The average Bonchev–Trinajstić information content (AvgIpc) is 2.41. The third-order valence-corrected chi connectivity index (χ3v) is 4.16. The molecule has 0 heterocycles. The first-order chi connectivity index (χ1) is 9.56. The van der Waals surface area contributed by atoms with Crippen molar-refractivity contribution in [2.75, 3.05) is 0 Å². The van der Waals surface area contributed by atoms with E-state index in [0.717, 1.165) is 5.56 Å². The Morgan fingerprint density at radius 1 is 1.25 bits per heavy atom. The third-order valence-electron chi connectivity index (χ3n) is 4.16. The van der Waals surface area contributed by atoms with Gasteiger partial charge >= 0.3 is 6.61 Å². The standard InChI is InChI=1S/C16H23F2NO/c1-11-6-3-4-9-15(11)19-12(2)13-7-5-8-14(10-13)20-16(17)18/h5,7-8,10-12,15-16,19H,3-4,6,9H2,1-2H3. The minimum atomic E-state index is -2.77. The van der Waals surface area contributed by atoms with Gasteiger partial charge in [-0.05, 0) is 43.4 Å². The smallest absolute Gasteiger partial charge is 0.387 e. The van der Waals surface area contributed by atoms with E-state index in [4.69, 9.17) is 0 Å². The molecule has 0 bridgehead atoms. The average molecular weight is 283 g/mol. The van der Waals surface area contributed by atoms with Gasteiger partial charge in [-0.2, -0.15) is 8.78 Å². The Kier molecular flexibility index (Phi) is 5.35. The van der Waals surface area contributed by atoms with Crippen molar-refractivity contribution in [1.29, 1.82) is 0 Å². The van der Waals surface area contributed by atoms with Crippen molar-refractivity contribution in [3.05, 3.63) is 29.8 Å². The first kappa shape index (κ1) is 15.2. The molecule has 3 unspecified atom stereocenters. The summed E-state index contributed by atoms with van der Waals surface area (Å²) in [7, 11) is 0. The van der Waals surface area contributed by atoms with Gasteiger partial charge < -0.3 is 10.1 Å². The molecule has 2 nitrogen and oxygen atoms in total. The van der Waals surface area contributed by atoms with Gasteiger partial charge in [-0.3, -0.25) is 0 Å². The number of nitrogens with one attached hydrogen (secondary N) is 1. The van der Waals surface area contributed by atoms with Gasteiger partial charge in [-0.1, -0.05) is 31.9 Å². The predicted octanol–water partition coefficient (Wildman–Crippen LogP) is 4.52. The van der Waals surface area contributed by atoms with Gasteiger partial charge in [0.05, 0.1) is 0 Å². The summed E-state index contributed by atoms with van der Waals surface area (Å²) in [5.74, 6) is 0.898. The fourth-order valence-corrected chi connectivity index (χ4v) is 2.94. The number of ether oxygens (including phenoxy) is 1. The van der Waals surface area contributed by atoms with Crippen LogP contribution in [0.1, 0.15) is 51.1 Å². The fourth-order valence-electron chi connectivity index (χ4n) is 2.94. The molecule has 0 saturated heterocycles. The molecule has 3 atom stereocenters. The predicted molar refractivity (Wildman–Crippen MR) is 76.0 cm³/mol. The maximum absolute atomic E-state index is 12.2. The zero-order valence-corrected chi connectivity index (χ0v) is 12.1. The lowest BCUT2D eigenvalue weighted by Gasteiger charge is -2.32. The molecule has 1 N–H and O–H groups in total. The lowest BCUT2D eigenvalue weighted by molar-refractivity contribution is -0.0499. The van der Waals surface area contributed by atoms with E-state index in [1.54, 1.807) is 18.2 Å². The first-order valence-corrected chi connectivity index (χ1v) is 7.37. The quantitative estimate of drug-likeness (QED) is 0.858. The second kappa shape index (κ2) is 7.02. The Hall–Kier alpha value is -1.16. The van der Waals surface area contributed by atoms with E-state index in [1.807, 2.05) is 6.07 Å². The van der Waals surface area contributed by atoms with E-state index < -0.39 is 6.61 Å². The van der Waals surface area contributed by atoms with Crippen LogP contribution in [-0.2, 0) is 0 Å². The van der Waals surface area contributed by atoms with Gasteiger partial charge in [0.25, 0.3) is 0 Å². The summed E-state index contributed by atoms with van der Waals surface area (Å²) in [6, 6.07) is 7.61. The van der Waals surface area contributed by atoms with Crippen molar-refractivity contribution in [1.82, 2.24) is 5.32 Å². The van der Waals surface area contributed by atoms with Crippen molar-refractivity contribution in [3.63, 3.8) is 0 Å². The maximum Gasteiger partial charge on any atom is 0.387 e. The van der Waals surface area contributed by atoms with Crippen molar-refractivity contribution in [2.45, 2.75) is 58.2 Å². The van der Waals surface area contributed by atoms with Crippen LogP contribution < -0.4 is 10.1 Å². The molecule has 1 aromatic carbocycles. The molecule has 1 aliphatic rings. The van der Waals surface area contributed by atoms with Crippen LogP contribution >= 0.6 is 0 Å². The SMILES string of the molecule is CC(NC1CCCCC1C)c1cccc(OC(F)F)c1. The van der Waals surface area contributed by atoms with Gasteiger partial charge in [0.2, 0.25) is 0 Å². The van der Waals surface area contributed by atoms with Crippen LogP contribution in [0.2, 0.25) is 0 Å². The van der Waals surface area contributed by atoms with Gasteiger partial charge in [0, 0.05) is 12.1 Å². The number of rotatable bonds is 5. The lowest BCUT2D eigenvalue weighted by atomic mass is 9.85. The van der Waals surface area contributed by atoms with Gasteiger partial charge in [-0.25, -0.2) is 0 Å². The van der Waals surface area contributed by atoms with Gasteiger partial charge in [0.15, 0.2) is 0 Å². The number of hydrogen-bond donors (Lipinski definition) is 1. The Balaban J connectivity index is 1.99. The molecule has 0 amide bonds. The van der Waals surface area contributed by atoms with Crippen LogP contribution in [0.3, 0.4) is 0 Å². The Morgan fingerprint density at radius 3 is 2.70 bits per heavy atom. The summed E-state index contributed by atoms with van der Waals surface area (Å²) in [6.45, 7) is 1.58. The monoisotopic (exact) mass is 283 g/mol. The summed E-state index contributed by atoms with van der Waals surface area (Å²) in [4.78, 5) is 0. The van der Waals surface area contributed by atoms with E-state index in [-0.39, 0.29) is 11.8 Å². The minimum Gasteiger partial charge on any atom is -0.435 e. The zero-order chi connectivity index (χ0) is 14.5. The molecular formula is C16H23F2NO. The third kappa shape index (κ3) is 4.17. The highest BCUT2D eigenvalue weighted by atomic mass is 19.3. The van der Waals surface area contributed by atoms with Crippen molar-refractivity contribution >= 4 is 0 Å². The van der Waals surface area contributed by atoms with Gasteiger partial charge in [0.1, 0.15) is 5.75 Å². The molecule has 0 radical (unpaired) electrons. The summed E-state index contributed by atoms with van der Waals surface area (Å²) in [6.07, 6.45) is 5.03. The van der Waals surface area contributed by atoms with Crippen LogP contribution in [-0.4, -0.2) is 12.7 Å². The number of halogens is 2. The van der Waals surface area contributed by atoms with E-state index in [9.17, 15) is 8.78 Å². The van der Waals surface area contributed by atoms with E-state index in [1.165, 1.54) is 25.7 Å². The minimum absolute atomic E-state index is 0.141. The Morgan fingerprint density at radius 2 is 2.00 bits per heavy atom. The van der Waals surface area contributed by atoms with Crippen molar-refractivity contribution in [3.8, 4) is 5.75 Å². The number of alkyl halides is 2. The Labute approximate surface area is 119 Å². The summed E-state index contributed by atoms with van der Waals surface area (Å²) in [5.41, 5.74) is 0.987. The van der Waals surface area contributed by atoms with Crippen LogP contribution in [0, 0.1) is 5.92 Å². The fraction of sp³-hybridized carbons (Fsp3) is 0.625. The molecule has 0 spiro atoms. The zero-order valence-electron chi connectivity index (χ0n) is 12.1. The van der Waals surface area contributed by atoms with Crippen molar-refractivity contribution in [2.24, 2.45) is 5.92 Å². The van der Waals surface area contributed by atoms with Crippen LogP contribution in [0.15, 0.2) is 24.3 Å². The van der Waals surface area contributed by atoms with Crippen molar-refractivity contribution < 1.29 is 13.5 Å². The molecule has 1 aliphatic carbocycles. The highest BCUT2D eigenvalue weighted by Crippen LogP contribution is 2.27. The summed E-state index contributed by atoms with van der Waals surface area (Å²) >= 11 is 0. The number of hydrogen-bond acceptors (Lipinski definition) is 2. The van der Waals surface area contributed by atoms with Crippen LogP contribution in [0.5, 0.6) is 5.75 Å². The summed E-state index contributed by atoms with van der Waals surface area (Å²) in [5, 5.41) is 3.62. The van der Waals surface area contributed by atoms with Crippen LogP contribution in [0.25, 0.3) is 0 Å².